The quantitative estimate of drug-likeness (QED) is 0.0199. The third kappa shape index (κ3) is 16.1. The van der Waals surface area contributed by atoms with Crippen LogP contribution in [0.15, 0.2) is 175 Å². The number of nitrogens with zero attached hydrogens (tertiary/aromatic N) is 2. The summed E-state index contributed by atoms with van der Waals surface area (Å²) < 4.78 is 22.4. The Hall–Kier alpha value is -8.79. The van der Waals surface area contributed by atoms with Gasteiger partial charge >= 0.3 is 24.2 Å². The van der Waals surface area contributed by atoms with Gasteiger partial charge in [-0.05, 0) is 92.5 Å². The Morgan fingerprint density at radius 2 is 1.03 bits per heavy atom. The number of rotatable bonds is 19. The predicted octanol–water partition coefficient (Wildman–Crippen LogP) is 10.1. The number of ether oxygens (including phenoxy) is 4. The van der Waals surface area contributed by atoms with E-state index < -0.39 is 59.5 Å². The Bertz CT molecular complexity index is 2860. The van der Waals surface area contributed by atoms with Gasteiger partial charge in [0.1, 0.15) is 36.5 Å². The number of aliphatic imine (C=N–C) groups is 1. The molecular formula is C62H68N6O10. The van der Waals surface area contributed by atoms with E-state index in [4.69, 9.17) is 18.9 Å². The number of alkyl carbamates (subject to hydrolysis) is 3. The van der Waals surface area contributed by atoms with Crippen molar-refractivity contribution < 1.29 is 47.7 Å². The van der Waals surface area contributed by atoms with Crippen LogP contribution in [0.5, 0.6) is 0 Å². The monoisotopic (exact) mass is 1060 g/mol. The first-order valence-electron chi connectivity index (χ1n) is 26.0. The van der Waals surface area contributed by atoms with E-state index in [-0.39, 0.29) is 63.4 Å². The zero-order valence-corrected chi connectivity index (χ0v) is 45.0. The van der Waals surface area contributed by atoms with Crippen molar-refractivity contribution in [2.75, 3.05) is 26.2 Å². The topological polar surface area (TPSA) is 203 Å². The molecule has 0 heterocycles. The zero-order valence-electron chi connectivity index (χ0n) is 45.0. The minimum atomic E-state index is -1.14. The highest BCUT2D eigenvalue weighted by atomic mass is 16.6. The van der Waals surface area contributed by atoms with E-state index in [1.54, 1.807) is 53.7 Å². The van der Waals surface area contributed by atoms with Crippen LogP contribution in [0.3, 0.4) is 0 Å². The number of nitrogens with one attached hydrogen (secondary N) is 4. The molecule has 0 radical (unpaired) electrons. The van der Waals surface area contributed by atoms with Gasteiger partial charge in [0.05, 0.1) is 12.6 Å². The van der Waals surface area contributed by atoms with Crippen molar-refractivity contribution in [2.45, 2.75) is 96.1 Å². The first-order valence-corrected chi connectivity index (χ1v) is 26.0. The maximum absolute atomic E-state index is 14.7. The fourth-order valence-electron chi connectivity index (χ4n) is 9.17. The summed E-state index contributed by atoms with van der Waals surface area (Å²) in [5.41, 5.74) is 4.34. The summed E-state index contributed by atoms with van der Waals surface area (Å²) in [6.07, 6.45) is -3.17. The van der Waals surface area contributed by atoms with Gasteiger partial charge in [0.25, 0.3) is 0 Å². The maximum Gasteiger partial charge on any atom is 0.414 e. The Morgan fingerprint density at radius 1 is 0.564 bits per heavy atom. The molecule has 16 nitrogen and oxygen atoms in total. The summed E-state index contributed by atoms with van der Waals surface area (Å²) in [5, 5.41) is 11.1. The van der Waals surface area contributed by atoms with Gasteiger partial charge in [0.15, 0.2) is 0 Å². The van der Waals surface area contributed by atoms with Crippen LogP contribution in [0.1, 0.15) is 100 Å². The van der Waals surface area contributed by atoms with E-state index in [1.807, 2.05) is 158 Å². The number of hydrogen-bond acceptors (Lipinski definition) is 11. The Kier molecular flexibility index (Phi) is 19.2. The van der Waals surface area contributed by atoms with Crippen molar-refractivity contribution in [2.24, 2.45) is 4.99 Å². The lowest BCUT2D eigenvalue weighted by molar-refractivity contribution is -0.150. The number of amides is 5. The molecule has 4 N–H and O–H groups in total. The van der Waals surface area contributed by atoms with Crippen LogP contribution in [-0.2, 0) is 45.5 Å². The molecule has 0 aromatic heterocycles. The van der Waals surface area contributed by atoms with Gasteiger partial charge in [-0.15, -0.1) is 0 Å². The lowest BCUT2D eigenvalue weighted by atomic mass is 9.77. The molecule has 1 aliphatic carbocycles. The molecule has 5 amide bonds. The van der Waals surface area contributed by atoms with Gasteiger partial charge in [0.2, 0.25) is 17.8 Å². The molecule has 1 atom stereocenters. The van der Waals surface area contributed by atoms with E-state index in [0.717, 1.165) is 44.5 Å². The Balaban J connectivity index is 1.17. The van der Waals surface area contributed by atoms with Gasteiger partial charge in [-0.1, -0.05) is 170 Å². The number of esters is 1. The second-order valence-corrected chi connectivity index (χ2v) is 20.8. The minimum Gasteiger partial charge on any atom is -0.459 e. The van der Waals surface area contributed by atoms with E-state index in [2.05, 4.69) is 26.3 Å². The van der Waals surface area contributed by atoms with Crippen LogP contribution in [0.4, 0.5) is 14.4 Å². The van der Waals surface area contributed by atoms with Gasteiger partial charge in [-0.2, -0.15) is 0 Å². The van der Waals surface area contributed by atoms with Gasteiger partial charge in [-0.25, -0.2) is 14.4 Å². The number of hydrogen-bond donors (Lipinski definition) is 4. The molecule has 0 aliphatic heterocycles. The lowest BCUT2D eigenvalue weighted by Gasteiger charge is -2.37. The van der Waals surface area contributed by atoms with Crippen LogP contribution >= 0.6 is 0 Å². The summed E-state index contributed by atoms with van der Waals surface area (Å²) in [4.78, 5) is 88.4. The second kappa shape index (κ2) is 26.3. The summed E-state index contributed by atoms with van der Waals surface area (Å²) in [7, 11) is 0. The van der Waals surface area contributed by atoms with Crippen molar-refractivity contribution in [1.82, 2.24) is 26.2 Å². The first kappa shape index (κ1) is 56.9. The molecule has 0 saturated carbocycles. The van der Waals surface area contributed by atoms with Crippen molar-refractivity contribution >= 4 is 42.0 Å². The van der Waals surface area contributed by atoms with Gasteiger partial charge in [-0.3, -0.25) is 30.0 Å². The van der Waals surface area contributed by atoms with Gasteiger partial charge in [0, 0.05) is 25.3 Å². The van der Waals surface area contributed by atoms with Crippen LogP contribution in [0, 0.1) is 0 Å². The number of guanidine groups is 1. The molecule has 0 spiro atoms. The number of carbonyl (C=O) groups is 6. The molecule has 406 valence electrons. The van der Waals surface area contributed by atoms with Crippen LogP contribution < -0.4 is 21.3 Å². The van der Waals surface area contributed by atoms with E-state index in [0.29, 0.717) is 0 Å². The standard InChI is InChI=1S/C62H68N6O10/c1-60(2,3)77-58(73)65-56(66-59(74)78-61(4,5)6)63-38-37-54(70)68(40-55(71)75-41-43-23-11-7-12-24-43)39-47(64-57(72)76-42-52-50-33-21-19-31-48(50)49-32-20-22-34-51(49)52)35-36-53(69)67-62(44-25-13-8-14-26-44,45-27-15-9-16-28-45)46-29-17-10-18-30-46/h7-34,47,52H,35-42H2,1-6H3,(H,64,72)(H,67,69)(H2,63,65,66,73,74)/t47-/m0/s1. The van der Waals surface area contributed by atoms with Crippen molar-refractivity contribution in [1.29, 1.82) is 0 Å². The number of benzene rings is 6. The van der Waals surface area contributed by atoms with Crippen molar-refractivity contribution in [3.63, 3.8) is 0 Å². The van der Waals surface area contributed by atoms with E-state index in [1.165, 1.54) is 4.90 Å². The summed E-state index contributed by atoms with van der Waals surface area (Å²) in [5.74, 6) is -2.33. The minimum absolute atomic E-state index is 0.00965. The summed E-state index contributed by atoms with van der Waals surface area (Å²) in [6.45, 7) is 8.77. The Labute approximate surface area is 455 Å². The molecule has 0 fully saturated rings. The van der Waals surface area contributed by atoms with Crippen LogP contribution in [0.25, 0.3) is 11.1 Å². The third-order valence-electron chi connectivity index (χ3n) is 12.5. The molecule has 78 heavy (non-hydrogen) atoms. The van der Waals surface area contributed by atoms with Crippen LogP contribution in [0.2, 0.25) is 0 Å². The summed E-state index contributed by atoms with van der Waals surface area (Å²) in [6, 6.07) is 52.9. The molecule has 0 saturated heterocycles. The second-order valence-electron chi connectivity index (χ2n) is 20.8. The normalized spacial score (nSPS) is 12.3. The van der Waals surface area contributed by atoms with E-state index >= 15 is 0 Å². The van der Waals surface area contributed by atoms with Gasteiger partial charge < -0.3 is 34.5 Å². The zero-order chi connectivity index (χ0) is 55.7. The Morgan fingerprint density at radius 3 is 1.51 bits per heavy atom. The molecular weight excluding hydrogens is 989 g/mol. The maximum atomic E-state index is 14.7. The number of fused-ring (bicyclic) bond motifs is 3. The lowest BCUT2D eigenvalue weighted by Crippen LogP contribution is -2.50. The van der Waals surface area contributed by atoms with E-state index in [9.17, 15) is 28.8 Å². The predicted molar refractivity (Wildman–Crippen MR) is 297 cm³/mol. The highest BCUT2D eigenvalue weighted by Gasteiger charge is 2.38. The molecule has 1 aliphatic rings. The average molecular weight is 1060 g/mol. The van der Waals surface area contributed by atoms with Crippen LogP contribution in [-0.4, -0.2) is 90.4 Å². The molecule has 0 bridgehead atoms. The molecule has 0 unspecified atom stereocenters. The van der Waals surface area contributed by atoms with Crippen molar-refractivity contribution in [3.05, 3.63) is 203 Å². The fraction of sp³-hybridized carbons (Fsp3) is 0.306. The molecule has 6 aromatic rings. The molecule has 7 rings (SSSR count). The SMILES string of the molecule is CC(C)(C)OC(=O)NC(=NCCC(=O)N(CC(=O)OCc1ccccc1)C[C@H](CCC(=O)NC(c1ccccc1)(c1ccccc1)c1ccccc1)NC(=O)OCC1c2ccccc2-c2ccccc21)NC(=O)OC(C)(C)C. The fourth-order valence-corrected chi connectivity index (χ4v) is 9.17. The van der Waals surface area contributed by atoms with Crippen molar-refractivity contribution in [3.8, 4) is 11.1 Å². The largest absolute Gasteiger partial charge is 0.459 e. The molecule has 16 heteroatoms. The third-order valence-corrected chi connectivity index (χ3v) is 12.5. The molecule has 6 aromatic carbocycles. The highest BCUT2D eigenvalue weighted by Crippen LogP contribution is 2.44. The smallest absolute Gasteiger partial charge is 0.414 e. The average Bonchev–Trinajstić information content (AvgIpc) is 3.86. The number of carbonyl (C=O) groups excluding carboxylic acids is 6. The first-order chi connectivity index (χ1) is 37.4. The summed E-state index contributed by atoms with van der Waals surface area (Å²) >= 11 is 0. The highest BCUT2D eigenvalue weighted by molar-refractivity contribution is 6.01.